The van der Waals surface area contributed by atoms with Crippen molar-refractivity contribution in [2.45, 2.75) is 6.92 Å². The van der Waals surface area contributed by atoms with E-state index in [1.807, 2.05) is 0 Å². The molecule has 0 radical (unpaired) electrons. The summed E-state index contributed by atoms with van der Waals surface area (Å²) < 4.78 is 36.1. The van der Waals surface area contributed by atoms with Gasteiger partial charge in [-0.1, -0.05) is 10.8 Å². The minimum Gasteiger partial charge on any atom is -0.444 e. The molecule has 7 heteroatoms. The average molecular weight is 283 g/mol. The molecule has 0 spiro atoms. The van der Waals surface area contributed by atoms with E-state index in [2.05, 4.69) is 15.9 Å². The van der Waals surface area contributed by atoms with Gasteiger partial charge in [-0.15, -0.1) is 0 Å². The number of hydrogen-bond acceptors (Lipinski definition) is 1. The van der Waals surface area contributed by atoms with Crippen LogP contribution in [0, 0.1) is 6.92 Å². The Labute approximate surface area is 124 Å². The topological polar surface area (TPSA) is 0 Å². The van der Waals surface area contributed by atoms with Crippen LogP contribution in [0.5, 0.6) is 0 Å². The van der Waals surface area contributed by atoms with Crippen LogP contribution in [0.3, 0.4) is 0 Å². The van der Waals surface area contributed by atoms with Gasteiger partial charge in [0.2, 0.25) is 0 Å². The molecular weight excluding hydrogens is 279 g/mol. The summed E-state index contributed by atoms with van der Waals surface area (Å²) in [6.07, 6.45) is 0. The fourth-order valence-corrected chi connectivity index (χ4v) is 2.10. The van der Waals surface area contributed by atoms with E-state index in [0.29, 0.717) is 9.35 Å². The summed E-state index contributed by atoms with van der Waals surface area (Å²) in [4.78, 5) is 0.666. The Morgan fingerprint density at radius 3 is 2.08 bits per heavy atom. The second kappa shape index (κ2) is 4.95. The van der Waals surface area contributed by atoms with Crippen molar-refractivity contribution in [2.24, 2.45) is 0 Å². The van der Waals surface area contributed by atoms with Crippen molar-refractivity contribution in [1.82, 2.24) is 0 Å². The summed E-state index contributed by atoms with van der Waals surface area (Å²) in [5, 5.41) is 0. The molecule has 1 aromatic rings. The van der Waals surface area contributed by atoms with Crippen LogP contribution in [0.15, 0.2) is 10.5 Å². The van der Waals surface area contributed by atoms with Crippen molar-refractivity contribution in [3.8, 4) is 0 Å². The average Bonchev–Trinajstić information content (AvgIpc) is 2.11. The number of hydrogen-bond donors (Lipinski definition) is 0. The molecule has 0 saturated heterocycles. The molecule has 0 atom stereocenters. The van der Waals surface area contributed by atoms with E-state index >= 15 is 0 Å². The quantitative estimate of drug-likeness (QED) is 0.630. The standard InChI is InChI=1S/C5H4BBrF3S.K/c1-3-4(7)2-5(11-3)6(8,9)10;/h2H,1H3;/q-1;+1. The molecule has 0 aliphatic rings. The van der Waals surface area contributed by atoms with E-state index in [0.717, 1.165) is 17.4 Å². The summed E-state index contributed by atoms with van der Waals surface area (Å²) in [7, 11) is 0. The zero-order valence-electron chi connectivity index (χ0n) is 6.57. The first-order chi connectivity index (χ1) is 4.91. The molecule has 0 saturated carbocycles. The Morgan fingerprint density at radius 2 is 1.92 bits per heavy atom. The van der Waals surface area contributed by atoms with Gasteiger partial charge in [-0.3, -0.25) is 0 Å². The minimum atomic E-state index is -4.81. The SMILES string of the molecule is Cc1sc([B-](F)(F)F)cc1Br.[K+]. The normalized spacial score (nSPS) is 11.1. The molecule has 0 N–H and O–H groups in total. The van der Waals surface area contributed by atoms with Crippen LogP contribution < -0.4 is 56.2 Å². The van der Waals surface area contributed by atoms with E-state index in [1.165, 1.54) is 0 Å². The van der Waals surface area contributed by atoms with E-state index in [1.54, 1.807) is 6.92 Å². The summed E-state index contributed by atoms with van der Waals surface area (Å²) in [5.74, 6) is 0. The first-order valence-electron chi connectivity index (χ1n) is 2.87. The maximum absolute atomic E-state index is 12.0. The van der Waals surface area contributed by atoms with Gasteiger partial charge < -0.3 is 12.9 Å². The largest absolute Gasteiger partial charge is 1.00 e. The smallest absolute Gasteiger partial charge is 0.444 e. The zero-order valence-corrected chi connectivity index (χ0v) is 12.1. The molecular formula is C5H4BBrF3KS. The Bertz CT molecular complexity index is 253. The van der Waals surface area contributed by atoms with Crippen LogP contribution in [0.25, 0.3) is 0 Å². The van der Waals surface area contributed by atoms with Crippen molar-refractivity contribution in [3.63, 3.8) is 0 Å². The molecule has 0 nitrogen and oxygen atoms in total. The minimum absolute atomic E-state index is 0. The molecule has 1 aromatic heterocycles. The zero-order chi connectivity index (χ0) is 8.65. The summed E-state index contributed by atoms with van der Waals surface area (Å²) in [6, 6.07) is 1.12. The molecule has 0 aromatic carbocycles. The molecule has 0 fully saturated rings. The van der Waals surface area contributed by atoms with Crippen LogP contribution in [0.2, 0.25) is 0 Å². The maximum atomic E-state index is 12.0. The van der Waals surface area contributed by atoms with Gasteiger partial charge in [-0.2, -0.15) is 11.3 Å². The predicted octanol–water partition coefficient (Wildman–Crippen LogP) is -0.123. The van der Waals surface area contributed by atoms with Gasteiger partial charge in [0.15, 0.2) is 0 Å². The predicted molar refractivity (Wildman–Crippen MR) is 45.5 cm³/mol. The Morgan fingerprint density at radius 1 is 1.42 bits per heavy atom. The molecule has 62 valence electrons. The van der Waals surface area contributed by atoms with Crippen molar-refractivity contribution in [2.75, 3.05) is 0 Å². The molecule has 0 aliphatic carbocycles. The molecule has 0 unspecified atom stereocenters. The third-order valence-electron chi connectivity index (χ3n) is 1.20. The van der Waals surface area contributed by atoms with Crippen LogP contribution >= 0.6 is 27.3 Å². The third kappa shape index (κ3) is 3.43. The second-order valence-corrected chi connectivity index (χ2v) is 4.27. The molecule has 1 rings (SSSR count). The summed E-state index contributed by atoms with van der Waals surface area (Å²) in [5.41, 5.74) is 0. The van der Waals surface area contributed by atoms with Gasteiger partial charge in [0, 0.05) is 9.35 Å². The Hall–Kier alpha value is 1.67. The number of aryl methyl sites for hydroxylation is 1. The summed E-state index contributed by atoms with van der Waals surface area (Å²) in [6.45, 7) is -3.16. The van der Waals surface area contributed by atoms with E-state index in [9.17, 15) is 12.9 Å². The Balaban J connectivity index is 0.00000121. The van der Waals surface area contributed by atoms with Gasteiger partial charge >= 0.3 is 58.4 Å². The number of thiophene rings is 1. The Kier molecular flexibility index (Phi) is 5.64. The first-order valence-corrected chi connectivity index (χ1v) is 4.48. The molecule has 1 heterocycles. The van der Waals surface area contributed by atoms with Crippen molar-refractivity contribution in [3.05, 3.63) is 15.4 Å². The monoisotopic (exact) mass is 282 g/mol. The fraction of sp³-hybridized carbons (Fsp3) is 0.200. The van der Waals surface area contributed by atoms with Crippen LogP contribution in [-0.2, 0) is 0 Å². The fourth-order valence-electron chi connectivity index (χ4n) is 0.643. The van der Waals surface area contributed by atoms with Gasteiger partial charge in [0.1, 0.15) is 0 Å². The first kappa shape index (κ1) is 13.7. The van der Waals surface area contributed by atoms with Crippen molar-refractivity contribution in [1.29, 1.82) is 0 Å². The van der Waals surface area contributed by atoms with Gasteiger partial charge in [-0.05, 0) is 22.9 Å². The van der Waals surface area contributed by atoms with E-state index < -0.39 is 11.8 Å². The molecule has 12 heavy (non-hydrogen) atoms. The number of rotatable bonds is 1. The van der Waals surface area contributed by atoms with Crippen LogP contribution in [-0.4, -0.2) is 6.98 Å². The third-order valence-corrected chi connectivity index (χ3v) is 3.43. The molecule has 0 aliphatic heterocycles. The maximum Gasteiger partial charge on any atom is 1.00 e. The second-order valence-electron chi connectivity index (χ2n) is 2.13. The summed E-state index contributed by atoms with van der Waals surface area (Å²) >= 11 is 3.81. The van der Waals surface area contributed by atoms with E-state index in [-0.39, 0.29) is 51.4 Å². The van der Waals surface area contributed by atoms with Gasteiger partial charge in [0.25, 0.3) is 0 Å². The number of halogens is 4. The molecule has 0 bridgehead atoms. The van der Waals surface area contributed by atoms with Gasteiger partial charge in [-0.25, -0.2) is 0 Å². The van der Waals surface area contributed by atoms with Crippen LogP contribution in [0.1, 0.15) is 4.88 Å². The van der Waals surface area contributed by atoms with Crippen molar-refractivity contribution < 1.29 is 64.3 Å². The molecule has 0 amide bonds. The van der Waals surface area contributed by atoms with Crippen molar-refractivity contribution >= 4 is 39.0 Å². The van der Waals surface area contributed by atoms with Crippen LogP contribution in [0.4, 0.5) is 12.9 Å². The van der Waals surface area contributed by atoms with Gasteiger partial charge in [0.05, 0.1) is 0 Å². The van der Waals surface area contributed by atoms with E-state index in [4.69, 9.17) is 0 Å².